The van der Waals surface area contributed by atoms with E-state index in [1.54, 1.807) is 30.3 Å². The minimum Gasteiger partial charge on any atom is -0.486 e. The number of halogens is 2. The van der Waals surface area contributed by atoms with Gasteiger partial charge in [-0.25, -0.2) is 4.39 Å². The summed E-state index contributed by atoms with van der Waals surface area (Å²) in [6.07, 6.45) is 0.613. The van der Waals surface area contributed by atoms with Gasteiger partial charge in [-0.15, -0.1) is 0 Å². The van der Waals surface area contributed by atoms with Gasteiger partial charge >= 0.3 is 0 Å². The highest BCUT2D eigenvalue weighted by Crippen LogP contribution is 2.39. The van der Waals surface area contributed by atoms with Crippen molar-refractivity contribution in [1.29, 1.82) is 0 Å². The Labute approximate surface area is 138 Å². The Kier molecular flexibility index (Phi) is 4.59. The van der Waals surface area contributed by atoms with Gasteiger partial charge in [0.05, 0.1) is 5.02 Å². The van der Waals surface area contributed by atoms with Crippen LogP contribution in [0, 0.1) is 5.82 Å². The quantitative estimate of drug-likeness (QED) is 0.895. The third-order valence-corrected chi connectivity index (χ3v) is 3.95. The molecule has 0 amide bonds. The third-order valence-electron chi connectivity index (χ3n) is 3.65. The first-order valence-electron chi connectivity index (χ1n) is 7.41. The highest BCUT2D eigenvalue weighted by Gasteiger charge is 2.19. The summed E-state index contributed by atoms with van der Waals surface area (Å²) in [7, 11) is 0. The van der Waals surface area contributed by atoms with Gasteiger partial charge in [-0.05, 0) is 24.6 Å². The monoisotopic (exact) mass is 337 g/mol. The van der Waals surface area contributed by atoms with Crippen molar-refractivity contribution in [1.82, 2.24) is 0 Å². The average molecular weight is 338 g/mol. The summed E-state index contributed by atoms with van der Waals surface area (Å²) in [5, 5.41) is 0.185. The zero-order valence-corrected chi connectivity index (χ0v) is 13.4. The molecule has 2 aromatic carbocycles. The zero-order chi connectivity index (χ0) is 16.4. The number of hydrogen-bond acceptors (Lipinski definition) is 4. The maximum atomic E-state index is 14.7. The fourth-order valence-corrected chi connectivity index (χ4v) is 2.54. The SMILES string of the molecule is CC[C@@H](N)c1ccc(Cl)c(Oc2ccc3c(c2)OCCO3)c1F. The van der Waals surface area contributed by atoms with E-state index >= 15 is 0 Å². The lowest BCUT2D eigenvalue weighted by Gasteiger charge is -2.19. The normalized spacial score (nSPS) is 14.4. The van der Waals surface area contributed by atoms with Crippen LogP contribution >= 0.6 is 11.6 Å². The van der Waals surface area contributed by atoms with Gasteiger partial charge in [-0.3, -0.25) is 0 Å². The van der Waals surface area contributed by atoms with Crippen LogP contribution in [0.15, 0.2) is 30.3 Å². The van der Waals surface area contributed by atoms with Crippen molar-refractivity contribution in [3.8, 4) is 23.0 Å². The van der Waals surface area contributed by atoms with E-state index in [0.717, 1.165) is 0 Å². The van der Waals surface area contributed by atoms with Crippen molar-refractivity contribution in [3.05, 3.63) is 46.7 Å². The van der Waals surface area contributed by atoms with E-state index in [2.05, 4.69) is 0 Å². The number of benzene rings is 2. The van der Waals surface area contributed by atoms with Crippen LogP contribution in [0.3, 0.4) is 0 Å². The lowest BCUT2D eigenvalue weighted by Crippen LogP contribution is -2.15. The first-order valence-corrected chi connectivity index (χ1v) is 7.79. The third kappa shape index (κ3) is 3.21. The van der Waals surface area contributed by atoms with Crippen LogP contribution in [-0.4, -0.2) is 13.2 Å². The predicted molar refractivity (Wildman–Crippen MR) is 86.1 cm³/mol. The number of ether oxygens (including phenoxy) is 3. The van der Waals surface area contributed by atoms with Gasteiger partial charge in [0.2, 0.25) is 0 Å². The summed E-state index contributed by atoms with van der Waals surface area (Å²) >= 11 is 6.08. The van der Waals surface area contributed by atoms with Gasteiger partial charge in [0.15, 0.2) is 23.1 Å². The van der Waals surface area contributed by atoms with Crippen LogP contribution in [0.4, 0.5) is 4.39 Å². The molecule has 0 saturated heterocycles. The fourth-order valence-electron chi connectivity index (χ4n) is 2.35. The molecule has 0 bridgehead atoms. The fraction of sp³-hybridized carbons (Fsp3) is 0.294. The van der Waals surface area contributed by atoms with Crippen LogP contribution in [-0.2, 0) is 0 Å². The summed E-state index contributed by atoms with van der Waals surface area (Å²) in [6.45, 7) is 2.86. The minimum absolute atomic E-state index is 0.0373. The van der Waals surface area contributed by atoms with Crippen LogP contribution < -0.4 is 19.9 Å². The first kappa shape index (κ1) is 15.9. The Bertz CT molecular complexity index is 723. The molecule has 0 aliphatic carbocycles. The van der Waals surface area contributed by atoms with Crippen LogP contribution in [0.2, 0.25) is 5.02 Å². The van der Waals surface area contributed by atoms with Crippen molar-refractivity contribution in [2.24, 2.45) is 5.73 Å². The Balaban J connectivity index is 1.93. The molecule has 2 N–H and O–H groups in total. The van der Waals surface area contributed by atoms with E-state index in [0.29, 0.717) is 42.4 Å². The van der Waals surface area contributed by atoms with Crippen LogP contribution in [0.25, 0.3) is 0 Å². The molecule has 6 heteroatoms. The molecule has 1 heterocycles. The van der Waals surface area contributed by atoms with Crippen molar-refractivity contribution in [3.63, 3.8) is 0 Å². The molecule has 0 unspecified atom stereocenters. The van der Waals surface area contributed by atoms with E-state index in [1.165, 1.54) is 0 Å². The van der Waals surface area contributed by atoms with E-state index in [9.17, 15) is 4.39 Å². The molecular weight excluding hydrogens is 321 g/mol. The summed E-state index contributed by atoms with van der Waals surface area (Å²) in [6, 6.07) is 7.81. The maximum Gasteiger partial charge on any atom is 0.181 e. The highest BCUT2D eigenvalue weighted by molar-refractivity contribution is 6.32. The first-order chi connectivity index (χ1) is 11.1. The molecule has 0 fully saturated rings. The molecule has 1 atom stereocenters. The summed E-state index contributed by atoms with van der Waals surface area (Å²) in [5.74, 6) is 1.03. The van der Waals surface area contributed by atoms with Gasteiger partial charge in [-0.2, -0.15) is 0 Å². The van der Waals surface area contributed by atoms with Gasteiger partial charge in [-0.1, -0.05) is 24.6 Å². The Morgan fingerprint density at radius 2 is 1.96 bits per heavy atom. The number of rotatable bonds is 4. The molecule has 1 aliphatic heterocycles. The minimum atomic E-state index is -0.540. The molecule has 2 aromatic rings. The molecule has 4 nitrogen and oxygen atoms in total. The largest absolute Gasteiger partial charge is 0.486 e. The summed E-state index contributed by atoms with van der Waals surface area (Å²) in [4.78, 5) is 0. The Hall–Kier alpha value is -1.98. The summed E-state index contributed by atoms with van der Waals surface area (Å²) < 4.78 is 31.2. The molecule has 0 radical (unpaired) electrons. The van der Waals surface area contributed by atoms with Gasteiger partial charge in [0.25, 0.3) is 0 Å². The second-order valence-corrected chi connectivity index (χ2v) is 5.61. The average Bonchev–Trinajstić information content (AvgIpc) is 2.58. The maximum absolute atomic E-state index is 14.7. The number of fused-ring (bicyclic) bond motifs is 1. The van der Waals surface area contributed by atoms with E-state index < -0.39 is 11.9 Å². The smallest absolute Gasteiger partial charge is 0.181 e. The van der Waals surface area contributed by atoms with Gasteiger partial charge in [0.1, 0.15) is 19.0 Å². The zero-order valence-electron chi connectivity index (χ0n) is 12.6. The van der Waals surface area contributed by atoms with Crippen LogP contribution in [0.1, 0.15) is 24.9 Å². The van der Waals surface area contributed by atoms with Crippen molar-refractivity contribution < 1.29 is 18.6 Å². The van der Waals surface area contributed by atoms with E-state index in [1.807, 2.05) is 6.92 Å². The van der Waals surface area contributed by atoms with Gasteiger partial charge in [0, 0.05) is 17.7 Å². The molecule has 0 spiro atoms. The van der Waals surface area contributed by atoms with Crippen molar-refractivity contribution >= 4 is 11.6 Å². The molecule has 0 saturated carbocycles. The second-order valence-electron chi connectivity index (χ2n) is 5.20. The Morgan fingerprint density at radius 1 is 1.22 bits per heavy atom. The topological polar surface area (TPSA) is 53.7 Å². The van der Waals surface area contributed by atoms with Gasteiger partial charge < -0.3 is 19.9 Å². The predicted octanol–water partition coefficient (Wildman–Crippen LogP) is 4.45. The molecule has 1 aliphatic rings. The molecule has 122 valence electrons. The molecule has 0 aromatic heterocycles. The van der Waals surface area contributed by atoms with Crippen molar-refractivity contribution in [2.75, 3.05) is 13.2 Å². The lowest BCUT2D eigenvalue weighted by molar-refractivity contribution is 0.171. The van der Waals surface area contributed by atoms with Crippen LogP contribution in [0.5, 0.6) is 23.0 Å². The van der Waals surface area contributed by atoms with E-state index in [4.69, 9.17) is 31.5 Å². The van der Waals surface area contributed by atoms with E-state index in [-0.39, 0.29) is 10.8 Å². The number of nitrogens with two attached hydrogens (primary N) is 1. The Morgan fingerprint density at radius 3 is 2.70 bits per heavy atom. The molecule has 23 heavy (non-hydrogen) atoms. The highest BCUT2D eigenvalue weighted by atomic mass is 35.5. The number of hydrogen-bond donors (Lipinski definition) is 1. The molecule has 3 rings (SSSR count). The van der Waals surface area contributed by atoms with Crippen molar-refractivity contribution in [2.45, 2.75) is 19.4 Å². The standard InChI is InChI=1S/C17H17ClFNO3/c1-2-13(20)11-4-5-12(18)17(16(11)19)23-10-3-6-14-15(9-10)22-8-7-21-14/h3-6,9,13H,2,7-8,20H2,1H3/t13-/m1/s1. The molecular formula is C17H17ClFNO3. The lowest BCUT2D eigenvalue weighted by atomic mass is 10.0. The summed E-state index contributed by atoms with van der Waals surface area (Å²) in [5.41, 5.74) is 6.30. The second kappa shape index (κ2) is 6.64.